The van der Waals surface area contributed by atoms with Gasteiger partial charge in [-0.25, -0.2) is 9.98 Å². The monoisotopic (exact) mass is 172 g/mol. The van der Waals surface area contributed by atoms with Crippen LogP contribution in [0.2, 0.25) is 0 Å². The molecule has 4 nitrogen and oxygen atoms in total. The Morgan fingerprint density at radius 2 is 1.69 bits per heavy atom. The predicted molar refractivity (Wildman–Crippen MR) is 51.7 cm³/mol. The lowest BCUT2D eigenvalue weighted by molar-refractivity contribution is 0.730. The smallest absolute Gasteiger partial charge is 0.242 e. The summed E-state index contributed by atoms with van der Waals surface area (Å²) in [4.78, 5) is 7.89. The van der Waals surface area contributed by atoms with Gasteiger partial charge in [-0.15, -0.1) is 5.11 Å². The zero-order chi connectivity index (χ0) is 8.93. The van der Waals surface area contributed by atoms with Gasteiger partial charge in [-0.05, 0) is 12.1 Å². The van der Waals surface area contributed by atoms with Crippen molar-refractivity contribution in [3.8, 4) is 0 Å². The fourth-order valence-electron chi connectivity index (χ4n) is 0.942. The predicted octanol–water partition coefficient (Wildman–Crippen LogP) is 2.21. The zero-order valence-corrected chi connectivity index (χ0v) is 6.91. The fraction of sp³-hybridized carbons (Fsp3) is 0.111. The van der Waals surface area contributed by atoms with E-state index >= 15 is 0 Å². The second-order valence-electron chi connectivity index (χ2n) is 2.49. The van der Waals surface area contributed by atoms with Crippen LogP contribution in [0.25, 0.3) is 0 Å². The first-order valence-electron chi connectivity index (χ1n) is 3.96. The van der Waals surface area contributed by atoms with Crippen molar-refractivity contribution in [3.63, 3.8) is 0 Å². The molecule has 0 radical (unpaired) electrons. The minimum Gasteiger partial charge on any atom is -0.242 e. The summed E-state index contributed by atoms with van der Waals surface area (Å²) in [5, 5.41) is 7.91. The molecular formula is C9H8N4. The molecule has 1 aliphatic heterocycles. The molecule has 0 amide bonds. The van der Waals surface area contributed by atoms with Gasteiger partial charge in [0.15, 0.2) is 0 Å². The minimum absolute atomic E-state index is 0.375. The Balaban J connectivity index is 2.05. The Hall–Kier alpha value is -1.84. The van der Waals surface area contributed by atoms with Crippen LogP contribution in [-0.4, -0.2) is 18.7 Å². The van der Waals surface area contributed by atoms with Crippen molar-refractivity contribution in [1.29, 1.82) is 0 Å². The molecule has 0 N–H and O–H groups in total. The summed E-state index contributed by atoms with van der Waals surface area (Å²) in [5.74, 6) is 0. The molecule has 1 aromatic rings. The van der Waals surface area contributed by atoms with Gasteiger partial charge in [0.25, 0.3) is 6.29 Å². The molecule has 1 aliphatic rings. The SMILES string of the molecule is C1=NC(N=Nc2ccccc2)N=C1. The van der Waals surface area contributed by atoms with Crippen LogP contribution in [0.3, 0.4) is 0 Å². The Morgan fingerprint density at radius 3 is 2.38 bits per heavy atom. The van der Waals surface area contributed by atoms with Crippen LogP contribution in [0.1, 0.15) is 0 Å². The number of aliphatic imine (C=N–C) groups is 2. The van der Waals surface area contributed by atoms with Crippen LogP contribution in [0.4, 0.5) is 5.69 Å². The first-order valence-corrected chi connectivity index (χ1v) is 3.96. The number of benzene rings is 1. The van der Waals surface area contributed by atoms with Crippen LogP contribution in [0, 0.1) is 0 Å². The lowest BCUT2D eigenvalue weighted by Gasteiger charge is -1.93. The second kappa shape index (κ2) is 3.71. The summed E-state index contributed by atoms with van der Waals surface area (Å²) in [7, 11) is 0. The van der Waals surface area contributed by atoms with Gasteiger partial charge in [0.1, 0.15) is 0 Å². The number of azo groups is 1. The number of rotatable bonds is 2. The maximum absolute atomic E-state index is 3.99. The number of hydrogen-bond acceptors (Lipinski definition) is 4. The van der Waals surface area contributed by atoms with Crippen molar-refractivity contribution in [2.24, 2.45) is 20.2 Å². The van der Waals surface area contributed by atoms with Crippen LogP contribution >= 0.6 is 0 Å². The lowest BCUT2D eigenvalue weighted by Crippen LogP contribution is -1.87. The molecule has 13 heavy (non-hydrogen) atoms. The first kappa shape index (κ1) is 7.79. The lowest BCUT2D eigenvalue weighted by atomic mass is 10.3. The van der Waals surface area contributed by atoms with Crippen molar-refractivity contribution < 1.29 is 0 Å². The Kier molecular flexibility index (Phi) is 2.22. The molecule has 1 aromatic carbocycles. The molecule has 64 valence electrons. The summed E-state index contributed by atoms with van der Waals surface area (Å²) in [6, 6.07) is 9.52. The van der Waals surface area contributed by atoms with Gasteiger partial charge in [0.2, 0.25) is 0 Å². The van der Waals surface area contributed by atoms with Crippen molar-refractivity contribution in [2.75, 3.05) is 0 Å². The van der Waals surface area contributed by atoms with E-state index in [0.29, 0.717) is 0 Å². The average molecular weight is 172 g/mol. The highest BCUT2D eigenvalue weighted by Crippen LogP contribution is 2.12. The van der Waals surface area contributed by atoms with E-state index in [2.05, 4.69) is 20.2 Å². The summed E-state index contributed by atoms with van der Waals surface area (Å²) in [6.45, 7) is 0. The third-order valence-electron chi connectivity index (χ3n) is 1.54. The molecular weight excluding hydrogens is 164 g/mol. The molecule has 0 bridgehead atoms. The van der Waals surface area contributed by atoms with Gasteiger partial charge in [0.05, 0.1) is 5.69 Å². The van der Waals surface area contributed by atoms with Crippen molar-refractivity contribution in [2.45, 2.75) is 6.29 Å². The molecule has 2 rings (SSSR count). The van der Waals surface area contributed by atoms with E-state index in [1.165, 1.54) is 0 Å². The molecule has 4 heteroatoms. The first-order chi connectivity index (χ1) is 6.45. The van der Waals surface area contributed by atoms with Crippen LogP contribution in [0.5, 0.6) is 0 Å². The Morgan fingerprint density at radius 1 is 1.00 bits per heavy atom. The van der Waals surface area contributed by atoms with Crippen LogP contribution < -0.4 is 0 Å². The highest BCUT2D eigenvalue weighted by Gasteiger charge is 2.00. The van der Waals surface area contributed by atoms with Gasteiger partial charge in [0, 0.05) is 12.4 Å². The summed E-state index contributed by atoms with van der Waals surface area (Å²) < 4.78 is 0. The maximum atomic E-state index is 3.99. The van der Waals surface area contributed by atoms with E-state index in [4.69, 9.17) is 0 Å². The highest BCUT2D eigenvalue weighted by molar-refractivity contribution is 6.17. The molecule has 0 fully saturated rings. The molecule has 0 saturated heterocycles. The topological polar surface area (TPSA) is 49.4 Å². The quantitative estimate of drug-likeness (QED) is 0.614. The van der Waals surface area contributed by atoms with Crippen LogP contribution in [-0.2, 0) is 0 Å². The van der Waals surface area contributed by atoms with Gasteiger partial charge < -0.3 is 0 Å². The van der Waals surface area contributed by atoms with Gasteiger partial charge in [-0.2, -0.15) is 5.11 Å². The Bertz CT molecular complexity index is 341. The van der Waals surface area contributed by atoms with E-state index in [1.807, 2.05) is 30.3 Å². The third kappa shape index (κ3) is 2.05. The fourth-order valence-corrected chi connectivity index (χ4v) is 0.942. The van der Waals surface area contributed by atoms with Crippen molar-refractivity contribution in [1.82, 2.24) is 0 Å². The van der Waals surface area contributed by atoms with Gasteiger partial charge in [-0.3, -0.25) is 0 Å². The molecule has 0 aromatic heterocycles. The average Bonchev–Trinajstić information content (AvgIpc) is 2.69. The summed E-state index contributed by atoms with van der Waals surface area (Å²) in [5.41, 5.74) is 0.819. The van der Waals surface area contributed by atoms with E-state index in [0.717, 1.165) is 5.69 Å². The van der Waals surface area contributed by atoms with Gasteiger partial charge in [-0.1, -0.05) is 18.2 Å². The standard InChI is InChI=1S/C9H8N4/c1-2-4-8(5-3-1)12-13-9-10-6-7-11-9/h1-7,9H. The van der Waals surface area contributed by atoms with E-state index in [1.54, 1.807) is 12.4 Å². The zero-order valence-electron chi connectivity index (χ0n) is 6.91. The number of hydrogen-bond donors (Lipinski definition) is 0. The second-order valence-corrected chi connectivity index (χ2v) is 2.49. The summed E-state index contributed by atoms with van der Waals surface area (Å²) in [6.07, 6.45) is 2.86. The van der Waals surface area contributed by atoms with E-state index in [9.17, 15) is 0 Å². The number of nitrogens with zero attached hydrogens (tertiary/aromatic N) is 4. The van der Waals surface area contributed by atoms with Crippen molar-refractivity contribution in [3.05, 3.63) is 30.3 Å². The Labute approximate surface area is 75.8 Å². The molecule has 0 spiro atoms. The molecule has 0 aliphatic carbocycles. The van der Waals surface area contributed by atoms with E-state index in [-0.39, 0.29) is 6.29 Å². The molecule has 0 atom stereocenters. The normalized spacial score (nSPS) is 16.0. The van der Waals surface area contributed by atoms with Gasteiger partial charge >= 0.3 is 0 Å². The molecule has 1 heterocycles. The third-order valence-corrected chi connectivity index (χ3v) is 1.54. The van der Waals surface area contributed by atoms with E-state index < -0.39 is 0 Å². The largest absolute Gasteiger partial charge is 0.253 e. The summed E-state index contributed by atoms with van der Waals surface area (Å²) >= 11 is 0. The molecule has 0 saturated carbocycles. The van der Waals surface area contributed by atoms with Crippen molar-refractivity contribution >= 4 is 18.1 Å². The highest BCUT2D eigenvalue weighted by atomic mass is 15.3. The minimum atomic E-state index is -0.375. The maximum Gasteiger partial charge on any atom is 0.253 e. The molecule has 0 unspecified atom stereocenters. The van der Waals surface area contributed by atoms with Crippen LogP contribution in [0.15, 0.2) is 50.5 Å².